The summed E-state index contributed by atoms with van der Waals surface area (Å²) < 4.78 is 32.0. The van der Waals surface area contributed by atoms with E-state index in [0.717, 1.165) is 53.8 Å². The lowest BCUT2D eigenvalue weighted by Crippen LogP contribution is -2.43. The van der Waals surface area contributed by atoms with Gasteiger partial charge in [-0.05, 0) is 42.9 Å². The molecule has 0 radical (unpaired) electrons. The Morgan fingerprint density at radius 1 is 1.09 bits per heavy atom. The number of halogens is 1. The van der Waals surface area contributed by atoms with Crippen molar-refractivity contribution in [3.8, 4) is 5.75 Å². The molecule has 0 aliphatic carbocycles. The second-order valence-electron chi connectivity index (χ2n) is 7.77. The Morgan fingerprint density at radius 2 is 1.81 bits per heavy atom. The van der Waals surface area contributed by atoms with Gasteiger partial charge in [-0.2, -0.15) is 0 Å². The predicted octanol–water partition coefficient (Wildman–Crippen LogP) is 4.21. The molecule has 3 aromatic rings. The van der Waals surface area contributed by atoms with E-state index in [4.69, 9.17) is 4.74 Å². The highest BCUT2D eigenvalue weighted by molar-refractivity contribution is 9.10. The van der Waals surface area contributed by atoms with Gasteiger partial charge in [0.1, 0.15) is 5.75 Å². The van der Waals surface area contributed by atoms with Crippen molar-refractivity contribution in [1.29, 1.82) is 0 Å². The molecule has 0 bridgehead atoms. The van der Waals surface area contributed by atoms with Crippen LogP contribution in [-0.2, 0) is 16.6 Å². The van der Waals surface area contributed by atoms with Crippen LogP contribution < -0.4 is 4.74 Å². The van der Waals surface area contributed by atoms with E-state index in [-0.39, 0.29) is 5.75 Å². The first kappa shape index (κ1) is 24.5. The van der Waals surface area contributed by atoms with Crippen LogP contribution in [0.1, 0.15) is 5.56 Å². The Morgan fingerprint density at radius 3 is 2.44 bits per heavy atom. The second kappa shape index (κ2) is 11.1. The van der Waals surface area contributed by atoms with E-state index in [9.17, 15) is 8.42 Å². The number of methoxy groups -OCH3 is 1. The molecule has 0 unspecified atom stereocenters. The van der Waals surface area contributed by atoms with Gasteiger partial charge >= 0.3 is 0 Å². The quantitative estimate of drug-likeness (QED) is 0.456. The summed E-state index contributed by atoms with van der Waals surface area (Å²) in [7, 11) is 0.424. The molecule has 172 valence electrons. The average molecular weight is 520 g/mol. The molecular formula is C24H30BrN3O3S. The molecule has 0 spiro atoms. The largest absolute Gasteiger partial charge is 0.497 e. The van der Waals surface area contributed by atoms with Crippen molar-refractivity contribution in [2.45, 2.75) is 6.54 Å². The van der Waals surface area contributed by atoms with Gasteiger partial charge in [-0.1, -0.05) is 40.2 Å². The molecule has 1 fully saturated rings. The van der Waals surface area contributed by atoms with Crippen LogP contribution in [0.3, 0.4) is 0 Å². The number of hydrogen-bond acceptors (Lipinski definition) is 5. The Bertz CT molecular complexity index is 1150. The first-order chi connectivity index (χ1) is 15.3. The highest BCUT2D eigenvalue weighted by Gasteiger charge is 2.18. The zero-order chi connectivity index (χ0) is 23.1. The van der Waals surface area contributed by atoms with E-state index in [1.54, 1.807) is 13.3 Å². The molecule has 0 amide bonds. The minimum Gasteiger partial charge on any atom is -0.497 e. The van der Waals surface area contributed by atoms with Gasteiger partial charge in [0.25, 0.3) is 0 Å². The van der Waals surface area contributed by atoms with E-state index >= 15 is 0 Å². The molecule has 0 atom stereocenters. The summed E-state index contributed by atoms with van der Waals surface area (Å²) in [5.41, 5.74) is 1.93. The van der Waals surface area contributed by atoms with Crippen molar-refractivity contribution in [1.82, 2.24) is 13.8 Å². The zero-order valence-electron chi connectivity index (χ0n) is 18.6. The molecule has 0 saturated carbocycles. The van der Waals surface area contributed by atoms with Gasteiger partial charge in [-0.3, -0.25) is 4.90 Å². The molecule has 2 aromatic carbocycles. The molecule has 0 N–H and O–H groups in total. The lowest BCUT2D eigenvalue weighted by molar-refractivity contribution is 0.148. The minimum absolute atomic E-state index is 0.0561. The molecule has 1 aliphatic rings. The molecule has 2 heterocycles. The van der Waals surface area contributed by atoms with Gasteiger partial charge in [0.2, 0.25) is 10.0 Å². The lowest BCUT2D eigenvalue weighted by Gasteiger charge is -2.32. The van der Waals surface area contributed by atoms with Gasteiger partial charge in [-0.25, -0.2) is 12.4 Å². The molecule has 1 saturated heterocycles. The SMILES string of the molecule is C=CCS(=O)(=O)n1ccc2c(CN3CCN(C)CC3)cccc21.COc1cccc(Br)c1. The van der Waals surface area contributed by atoms with Crippen molar-refractivity contribution >= 4 is 36.9 Å². The summed E-state index contributed by atoms with van der Waals surface area (Å²) in [5, 5.41) is 1.01. The smallest absolute Gasteiger partial charge is 0.242 e. The Kier molecular flexibility index (Phi) is 8.53. The van der Waals surface area contributed by atoms with Crippen molar-refractivity contribution in [2.24, 2.45) is 0 Å². The predicted molar refractivity (Wildman–Crippen MR) is 135 cm³/mol. The normalized spacial score (nSPS) is 15.2. The number of aromatic nitrogens is 1. The summed E-state index contributed by atoms with van der Waals surface area (Å²) in [6, 6.07) is 15.5. The maximum atomic E-state index is 12.3. The van der Waals surface area contributed by atoms with E-state index in [2.05, 4.69) is 45.4 Å². The minimum atomic E-state index is -3.37. The number of fused-ring (bicyclic) bond motifs is 1. The number of likely N-dealkylation sites (N-methyl/N-ethyl adjacent to an activating group) is 1. The summed E-state index contributed by atoms with van der Waals surface area (Å²) in [6.07, 6.45) is 3.08. The summed E-state index contributed by atoms with van der Waals surface area (Å²) in [4.78, 5) is 4.75. The first-order valence-corrected chi connectivity index (χ1v) is 12.9. The summed E-state index contributed by atoms with van der Waals surface area (Å²) in [5.74, 6) is 0.823. The van der Waals surface area contributed by atoms with Crippen LogP contribution in [0, 0.1) is 0 Å². The van der Waals surface area contributed by atoms with E-state index in [1.807, 2.05) is 42.5 Å². The lowest BCUT2D eigenvalue weighted by atomic mass is 10.1. The van der Waals surface area contributed by atoms with Crippen LogP contribution >= 0.6 is 15.9 Å². The maximum absolute atomic E-state index is 12.3. The number of ether oxygens (including phenoxy) is 1. The molecule has 32 heavy (non-hydrogen) atoms. The first-order valence-electron chi connectivity index (χ1n) is 10.5. The third kappa shape index (κ3) is 6.22. The Hall–Kier alpha value is -2.13. The fourth-order valence-corrected chi connectivity index (χ4v) is 5.20. The molecule has 6 nitrogen and oxygen atoms in total. The number of hydrogen-bond donors (Lipinski definition) is 0. The number of rotatable bonds is 6. The van der Waals surface area contributed by atoms with Crippen molar-refractivity contribution in [3.05, 3.63) is 77.4 Å². The zero-order valence-corrected chi connectivity index (χ0v) is 21.0. The Labute approximate surface area is 199 Å². The van der Waals surface area contributed by atoms with E-state index in [1.165, 1.54) is 15.6 Å². The third-order valence-electron chi connectivity index (χ3n) is 5.44. The molecule has 1 aromatic heterocycles. The van der Waals surface area contributed by atoms with Crippen LogP contribution in [0.5, 0.6) is 5.75 Å². The van der Waals surface area contributed by atoms with Gasteiger partial charge in [0.05, 0.1) is 18.4 Å². The number of nitrogens with zero attached hydrogens (tertiary/aromatic N) is 3. The average Bonchev–Trinajstić information content (AvgIpc) is 3.22. The third-order valence-corrected chi connectivity index (χ3v) is 7.51. The van der Waals surface area contributed by atoms with Crippen LogP contribution in [0.2, 0.25) is 0 Å². The van der Waals surface area contributed by atoms with E-state index < -0.39 is 10.0 Å². The van der Waals surface area contributed by atoms with Crippen molar-refractivity contribution in [3.63, 3.8) is 0 Å². The summed E-state index contributed by atoms with van der Waals surface area (Å²) >= 11 is 3.32. The monoisotopic (exact) mass is 519 g/mol. The fraction of sp³-hybridized carbons (Fsp3) is 0.333. The molecular weight excluding hydrogens is 490 g/mol. The number of piperazine rings is 1. The van der Waals surface area contributed by atoms with Crippen molar-refractivity contribution in [2.75, 3.05) is 46.1 Å². The summed E-state index contributed by atoms with van der Waals surface area (Å²) in [6.45, 7) is 8.63. The topological polar surface area (TPSA) is 54.8 Å². The molecule has 1 aliphatic heterocycles. The Balaban J connectivity index is 0.000000269. The highest BCUT2D eigenvalue weighted by Crippen LogP contribution is 2.23. The molecule has 4 rings (SSSR count). The molecule has 8 heteroatoms. The van der Waals surface area contributed by atoms with Crippen LogP contribution in [0.4, 0.5) is 0 Å². The maximum Gasteiger partial charge on any atom is 0.242 e. The van der Waals surface area contributed by atoms with E-state index in [0.29, 0.717) is 0 Å². The fourth-order valence-electron chi connectivity index (χ4n) is 3.66. The van der Waals surface area contributed by atoms with Crippen molar-refractivity contribution < 1.29 is 13.2 Å². The highest BCUT2D eigenvalue weighted by atomic mass is 79.9. The standard InChI is InChI=1S/C17H23N3O2S.C7H7BrO/c1-3-13-23(21,22)20-8-7-16-15(5-4-6-17(16)20)14-19-11-9-18(2)10-12-19;1-9-7-4-2-3-6(8)5-7/h3-8H,1,9-14H2,2H3;2-5H,1H3. The van der Waals surface area contributed by atoms with Gasteiger partial charge in [-0.15, -0.1) is 6.58 Å². The van der Waals surface area contributed by atoms with Gasteiger partial charge in [0, 0.05) is 48.8 Å². The second-order valence-corrected chi connectivity index (χ2v) is 10.6. The van der Waals surface area contributed by atoms with Crippen LogP contribution in [-0.4, -0.2) is 68.3 Å². The number of benzene rings is 2. The van der Waals surface area contributed by atoms with Gasteiger partial charge in [0.15, 0.2) is 0 Å². The van der Waals surface area contributed by atoms with Gasteiger partial charge < -0.3 is 9.64 Å². The van der Waals surface area contributed by atoms with Crippen LogP contribution in [0.15, 0.2) is 71.9 Å². The van der Waals surface area contributed by atoms with Crippen LogP contribution in [0.25, 0.3) is 10.9 Å².